The maximum atomic E-state index is 11.7. The third kappa shape index (κ3) is 5.67. The molecule has 4 N–H and O–H groups in total. The van der Waals surface area contributed by atoms with Gasteiger partial charge in [-0.25, -0.2) is 0 Å². The van der Waals surface area contributed by atoms with Crippen molar-refractivity contribution in [3.63, 3.8) is 0 Å². The minimum atomic E-state index is -0.774. The van der Waals surface area contributed by atoms with Crippen molar-refractivity contribution in [1.82, 2.24) is 15.2 Å². The highest BCUT2D eigenvalue weighted by atomic mass is 32.1. The number of aliphatic hydroxyl groups is 1. The van der Waals surface area contributed by atoms with Gasteiger partial charge in [0.1, 0.15) is 11.3 Å². The summed E-state index contributed by atoms with van der Waals surface area (Å²) < 4.78 is 0.597. The van der Waals surface area contributed by atoms with E-state index in [1.807, 2.05) is 0 Å². The Kier molecular flexibility index (Phi) is 7.30. The van der Waals surface area contributed by atoms with E-state index in [-0.39, 0.29) is 10.6 Å². The van der Waals surface area contributed by atoms with Crippen molar-refractivity contribution < 1.29 is 10.2 Å². The van der Waals surface area contributed by atoms with Gasteiger partial charge >= 0.3 is 4.87 Å². The molecule has 1 aliphatic rings. The fraction of sp³-hybridized carbons (Fsp3) is 0.219. The summed E-state index contributed by atoms with van der Waals surface area (Å²) in [6.45, 7) is 4.03. The summed E-state index contributed by atoms with van der Waals surface area (Å²) >= 11 is 1.00. The van der Waals surface area contributed by atoms with Crippen LogP contribution in [0.4, 0.5) is 0 Å². The highest BCUT2D eigenvalue weighted by Crippen LogP contribution is 2.31. The summed E-state index contributed by atoms with van der Waals surface area (Å²) in [5.74, 6) is 0.0139. The van der Waals surface area contributed by atoms with Crippen molar-refractivity contribution in [2.24, 2.45) is 0 Å². The van der Waals surface area contributed by atoms with Gasteiger partial charge in [0, 0.05) is 31.7 Å². The molecule has 1 aliphatic heterocycles. The van der Waals surface area contributed by atoms with Crippen molar-refractivity contribution in [2.45, 2.75) is 32.2 Å². The number of phenols is 1. The molecular formula is C32H31N3O3S. The van der Waals surface area contributed by atoms with E-state index < -0.39 is 6.10 Å². The fourth-order valence-electron chi connectivity index (χ4n) is 5.37. The second-order valence-electron chi connectivity index (χ2n) is 10.2. The van der Waals surface area contributed by atoms with Gasteiger partial charge in [-0.1, -0.05) is 84.1 Å². The molecule has 0 fully saturated rings. The van der Waals surface area contributed by atoms with E-state index in [1.54, 1.807) is 6.07 Å². The first-order chi connectivity index (χ1) is 19.0. The lowest BCUT2D eigenvalue weighted by atomic mass is 10.0. The number of hydrogen-bond acceptors (Lipinski definition) is 6. The van der Waals surface area contributed by atoms with Gasteiger partial charge in [-0.3, -0.25) is 9.69 Å². The van der Waals surface area contributed by atoms with Gasteiger partial charge < -0.3 is 20.5 Å². The maximum Gasteiger partial charge on any atom is 0.305 e. The van der Waals surface area contributed by atoms with Crippen LogP contribution >= 0.6 is 11.3 Å². The summed E-state index contributed by atoms with van der Waals surface area (Å²) in [6.07, 6.45) is 0.0642. The van der Waals surface area contributed by atoms with Crippen molar-refractivity contribution in [3.05, 3.63) is 122 Å². The number of aromatic amines is 1. The molecule has 1 aromatic heterocycles. The summed E-state index contributed by atoms with van der Waals surface area (Å²) in [5, 5.41) is 24.0. The summed E-state index contributed by atoms with van der Waals surface area (Å²) in [7, 11) is 0. The first kappa shape index (κ1) is 25.5. The number of fused-ring (bicyclic) bond motifs is 2. The average Bonchev–Trinajstić information content (AvgIpc) is 3.54. The first-order valence-electron chi connectivity index (χ1n) is 13.2. The Morgan fingerprint density at radius 1 is 0.897 bits per heavy atom. The molecule has 0 spiro atoms. The van der Waals surface area contributed by atoms with Gasteiger partial charge in [0.25, 0.3) is 0 Å². The number of nitrogens with one attached hydrogen (secondary N) is 2. The van der Waals surface area contributed by atoms with Crippen LogP contribution in [-0.4, -0.2) is 33.2 Å². The zero-order chi connectivity index (χ0) is 26.8. The van der Waals surface area contributed by atoms with Crippen LogP contribution in [0.15, 0.2) is 89.7 Å². The minimum absolute atomic E-state index is 0.0139. The van der Waals surface area contributed by atoms with Crippen LogP contribution in [-0.2, 0) is 26.1 Å². The quantitative estimate of drug-likeness (QED) is 0.191. The molecule has 0 saturated heterocycles. The van der Waals surface area contributed by atoms with Crippen molar-refractivity contribution in [1.29, 1.82) is 0 Å². The number of hydrogen-bond donors (Lipinski definition) is 4. The lowest BCUT2D eigenvalue weighted by Crippen LogP contribution is -2.23. The normalized spacial score (nSPS) is 14.1. The molecule has 6 nitrogen and oxygen atoms in total. The summed E-state index contributed by atoms with van der Waals surface area (Å²) in [4.78, 5) is 16.6. The molecule has 6 rings (SSSR count). The molecule has 7 heteroatoms. The number of phenolic OH excluding ortho intramolecular Hbond substituents is 1. The number of aromatic hydroxyl groups is 1. The molecule has 0 bridgehead atoms. The molecule has 0 radical (unpaired) electrons. The number of aliphatic hydroxyl groups excluding tert-OH is 1. The zero-order valence-corrected chi connectivity index (χ0v) is 22.4. The van der Waals surface area contributed by atoms with Crippen LogP contribution in [0.3, 0.4) is 0 Å². The largest absolute Gasteiger partial charge is 0.506 e. The van der Waals surface area contributed by atoms with E-state index in [4.69, 9.17) is 0 Å². The number of nitrogens with zero attached hydrogens (tertiary/aromatic N) is 1. The van der Waals surface area contributed by atoms with Crippen LogP contribution in [0, 0.1) is 0 Å². The van der Waals surface area contributed by atoms with Crippen LogP contribution in [0.2, 0.25) is 0 Å². The molecule has 39 heavy (non-hydrogen) atoms. The van der Waals surface area contributed by atoms with Gasteiger partial charge in [-0.15, -0.1) is 0 Å². The number of H-pyrrole nitrogens is 1. The van der Waals surface area contributed by atoms with Crippen LogP contribution in [0.1, 0.15) is 33.9 Å². The molecular weight excluding hydrogens is 506 g/mol. The van der Waals surface area contributed by atoms with Crippen molar-refractivity contribution in [2.75, 3.05) is 13.1 Å². The summed E-state index contributed by atoms with van der Waals surface area (Å²) in [6, 6.07) is 29.4. The standard InChI is InChI=1S/C32H31N3O3S/c36-28-13-12-27(31-30(28)34-32(38)39-31)29(37)17-33-15-14-21-8-10-23(11-9-21)24-7-3-4-22(16-24)18-35-19-25-5-1-2-6-26(25)20-35/h1-13,16,29,33,36-37H,14-15,17-20H2,(H,34,38)/t29-/m0/s1. The third-order valence-corrected chi connectivity index (χ3v) is 8.33. The predicted octanol–water partition coefficient (Wildman–Crippen LogP) is 5.34. The molecule has 1 atom stereocenters. The van der Waals surface area contributed by atoms with E-state index in [0.29, 0.717) is 28.9 Å². The van der Waals surface area contributed by atoms with Crippen LogP contribution < -0.4 is 10.2 Å². The Balaban J connectivity index is 1.02. The van der Waals surface area contributed by atoms with E-state index in [1.165, 1.54) is 39.4 Å². The molecule has 0 saturated carbocycles. The van der Waals surface area contributed by atoms with Gasteiger partial charge in [0.15, 0.2) is 0 Å². The van der Waals surface area contributed by atoms with Crippen LogP contribution in [0.5, 0.6) is 5.75 Å². The zero-order valence-electron chi connectivity index (χ0n) is 21.6. The Bertz CT molecular complexity index is 1630. The molecule has 198 valence electrons. The Labute approximate surface area is 231 Å². The van der Waals surface area contributed by atoms with Gasteiger partial charge in [-0.05, 0) is 58.5 Å². The Morgan fingerprint density at radius 3 is 2.44 bits per heavy atom. The topological polar surface area (TPSA) is 88.6 Å². The molecule has 2 heterocycles. The van der Waals surface area contributed by atoms with Gasteiger partial charge in [-0.2, -0.15) is 0 Å². The van der Waals surface area contributed by atoms with Crippen molar-refractivity contribution >= 4 is 21.6 Å². The SMILES string of the molecule is O=c1[nH]c2c(O)ccc([C@@H](O)CNCCc3ccc(-c4cccc(CN5Cc6ccccc6C5)c4)cc3)c2s1. The van der Waals surface area contributed by atoms with E-state index >= 15 is 0 Å². The van der Waals surface area contributed by atoms with Gasteiger partial charge in [0.2, 0.25) is 0 Å². The highest BCUT2D eigenvalue weighted by molar-refractivity contribution is 7.16. The van der Waals surface area contributed by atoms with E-state index in [0.717, 1.165) is 37.4 Å². The Morgan fingerprint density at radius 2 is 1.67 bits per heavy atom. The number of aromatic nitrogens is 1. The number of rotatable bonds is 9. The van der Waals surface area contributed by atoms with Gasteiger partial charge in [0.05, 0.1) is 10.8 Å². The average molecular weight is 538 g/mol. The third-order valence-electron chi connectivity index (χ3n) is 7.40. The summed E-state index contributed by atoms with van der Waals surface area (Å²) in [5.41, 5.74) is 8.87. The smallest absolute Gasteiger partial charge is 0.305 e. The highest BCUT2D eigenvalue weighted by Gasteiger charge is 2.18. The molecule has 4 aromatic carbocycles. The monoisotopic (exact) mass is 537 g/mol. The predicted molar refractivity (Wildman–Crippen MR) is 157 cm³/mol. The lowest BCUT2D eigenvalue weighted by Gasteiger charge is -2.16. The molecule has 0 unspecified atom stereocenters. The van der Waals surface area contributed by atoms with E-state index in [2.05, 4.69) is 88.0 Å². The maximum absolute atomic E-state index is 11.7. The fourth-order valence-corrected chi connectivity index (χ4v) is 6.29. The second-order valence-corrected chi connectivity index (χ2v) is 11.2. The molecule has 5 aromatic rings. The second kappa shape index (κ2) is 11.2. The molecule has 0 aliphatic carbocycles. The number of benzene rings is 4. The minimum Gasteiger partial charge on any atom is -0.506 e. The number of thiazole rings is 1. The Hall–Kier alpha value is -3.75. The van der Waals surface area contributed by atoms with Crippen LogP contribution in [0.25, 0.3) is 21.3 Å². The first-order valence-corrected chi connectivity index (χ1v) is 14.1. The van der Waals surface area contributed by atoms with Crippen molar-refractivity contribution in [3.8, 4) is 16.9 Å². The van der Waals surface area contributed by atoms with E-state index in [9.17, 15) is 15.0 Å². The molecule has 0 amide bonds. The lowest BCUT2D eigenvalue weighted by molar-refractivity contribution is 0.176.